The van der Waals surface area contributed by atoms with Crippen LogP contribution in [0.4, 0.5) is 5.69 Å². The molecule has 0 spiro atoms. The lowest BCUT2D eigenvalue weighted by molar-refractivity contribution is 0.0948. The predicted octanol–water partition coefficient (Wildman–Crippen LogP) is 4.17. The Morgan fingerprint density at radius 1 is 1.08 bits per heavy atom. The van der Waals surface area contributed by atoms with Gasteiger partial charge in [0.05, 0.1) is 10.0 Å². The van der Waals surface area contributed by atoms with Crippen LogP contribution in [0.25, 0.3) is 0 Å². The number of aromatic nitrogens is 1. The van der Waals surface area contributed by atoms with Crippen molar-refractivity contribution in [1.29, 1.82) is 0 Å². The third kappa shape index (κ3) is 4.94. The highest BCUT2D eigenvalue weighted by Gasteiger charge is 2.12. The van der Waals surface area contributed by atoms with Crippen molar-refractivity contribution in [3.8, 4) is 0 Å². The Bertz CT molecular complexity index is 750. The molecule has 2 N–H and O–H groups in total. The molecule has 0 radical (unpaired) electrons. The van der Waals surface area contributed by atoms with Gasteiger partial charge in [0.15, 0.2) is 0 Å². The van der Waals surface area contributed by atoms with Crippen molar-refractivity contribution in [3.05, 3.63) is 57.8 Å². The molecule has 0 bridgehead atoms. The molecule has 1 heterocycles. The molecule has 2 aromatic rings. The fraction of sp³-hybridized carbons (Fsp3) is 0.235. The van der Waals surface area contributed by atoms with E-state index in [1.807, 2.05) is 6.92 Å². The van der Waals surface area contributed by atoms with E-state index in [9.17, 15) is 9.59 Å². The molecule has 0 saturated heterocycles. The Morgan fingerprint density at radius 3 is 2.58 bits per heavy atom. The number of nitrogens with one attached hydrogen (secondary N) is 2. The van der Waals surface area contributed by atoms with Gasteiger partial charge in [-0.2, -0.15) is 0 Å². The second-order valence-electron chi connectivity index (χ2n) is 5.12. The fourth-order valence-electron chi connectivity index (χ4n) is 1.94. The standard InChI is InChI=1S/C17H17Cl2N3O2/c1-2-3-7-21-17(24)15-9-11(6-8-20-15)16(23)22-12-4-5-13(18)14(19)10-12/h4-6,8-10H,2-3,7H2,1H3,(H,21,24)(H,22,23). The highest BCUT2D eigenvalue weighted by molar-refractivity contribution is 6.42. The highest BCUT2D eigenvalue weighted by atomic mass is 35.5. The number of unbranched alkanes of at least 4 members (excludes halogenated alkanes) is 1. The SMILES string of the molecule is CCCCNC(=O)c1cc(C(=O)Nc2ccc(Cl)c(Cl)c2)ccn1. The molecule has 24 heavy (non-hydrogen) atoms. The van der Waals surface area contributed by atoms with Crippen LogP contribution in [-0.4, -0.2) is 23.3 Å². The van der Waals surface area contributed by atoms with Crippen molar-refractivity contribution in [2.75, 3.05) is 11.9 Å². The molecule has 1 aromatic carbocycles. The Labute approximate surface area is 150 Å². The van der Waals surface area contributed by atoms with Crippen molar-refractivity contribution in [2.45, 2.75) is 19.8 Å². The number of anilines is 1. The van der Waals surface area contributed by atoms with Gasteiger partial charge in [0.2, 0.25) is 0 Å². The van der Waals surface area contributed by atoms with E-state index in [4.69, 9.17) is 23.2 Å². The molecule has 0 atom stereocenters. The molecular formula is C17H17Cl2N3O2. The van der Waals surface area contributed by atoms with Crippen molar-refractivity contribution >= 4 is 40.7 Å². The zero-order valence-electron chi connectivity index (χ0n) is 13.1. The van der Waals surface area contributed by atoms with Gasteiger partial charge in [-0.15, -0.1) is 0 Å². The van der Waals surface area contributed by atoms with Crippen LogP contribution in [0.15, 0.2) is 36.5 Å². The van der Waals surface area contributed by atoms with Gasteiger partial charge in [-0.3, -0.25) is 14.6 Å². The minimum absolute atomic E-state index is 0.202. The Hall–Kier alpha value is -2.11. The molecule has 0 aliphatic carbocycles. The quantitative estimate of drug-likeness (QED) is 0.754. The van der Waals surface area contributed by atoms with Crippen LogP contribution in [0, 0.1) is 0 Å². The zero-order chi connectivity index (χ0) is 17.5. The summed E-state index contributed by atoms with van der Waals surface area (Å²) in [5, 5.41) is 6.22. The predicted molar refractivity (Wildman–Crippen MR) is 95.9 cm³/mol. The minimum Gasteiger partial charge on any atom is -0.351 e. The number of benzene rings is 1. The third-order valence-electron chi connectivity index (χ3n) is 3.25. The first kappa shape index (κ1) is 18.2. The number of amides is 2. The van der Waals surface area contributed by atoms with E-state index < -0.39 is 0 Å². The van der Waals surface area contributed by atoms with E-state index in [0.29, 0.717) is 27.8 Å². The first-order valence-electron chi connectivity index (χ1n) is 7.52. The van der Waals surface area contributed by atoms with Crippen LogP contribution in [0.1, 0.15) is 40.6 Å². The van der Waals surface area contributed by atoms with E-state index in [-0.39, 0.29) is 17.5 Å². The van der Waals surface area contributed by atoms with Crippen molar-refractivity contribution in [3.63, 3.8) is 0 Å². The summed E-state index contributed by atoms with van der Waals surface area (Å²) in [6, 6.07) is 7.79. The number of pyridine rings is 1. The monoisotopic (exact) mass is 365 g/mol. The molecule has 1 aromatic heterocycles. The average Bonchev–Trinajstić information content (AvgIpc) is 2.58. The number of carbonyl (C=O) groups is 2. The van der Waals surface area contributed by atoms with Crippen LogP contribution >= 0.6 is 23.2 Å². The second-order valence-corrected chi connectivity index (χ2v) is 5.94. The van der Waals surface area contributed by atoms with Gasteiger partial charge in [-0.25, -0.2) is 0 Å². The molecule has 126 valence electrons. The number of rotatable bonds is 6. The lowest BCUT2D eigenvalue weighted by Gasteiger charge is -2.08. The minimum atomic E-state index is -0.363. The second kappa shape index (κ2) is 8.66. The zero-order valence-corrected chi connectivity index (χ0v) is 14.6. The van der Waals surface area contributed by atoms with Gasteiger partial charge < -0.3 is 10.6 Å². The van der Waals surface area contributed by atoms with Gasteiger partial charge in [0, 0.05) is 24.0 Å². The topological polar surface area (TPSA) is 71.1 Å². The summed E-state index contributed by atoms with van der Waals surface area (Å²) in [7, 11) is 0. The van der Waals surface area contributed by atoms with Crippen molar-refractivity contribution < 1.29 is 9.59 Å². The van der Waals surface area contributed by atoms with Crippen LogP contribution in [0.2, 0.25) is 10.0 Å². The number of hydrogen-bond donors (Lipinski definition) is 2. The summed E-state index contributed by atoms with van der Waals surface area (Å²) < 4.78 is 0. The average molecular weight is 366 g/mol. The van der Waals surface area contributed by atoms with E-state index in [1.165, 1.54) is 18.3 Å². The molecule has 2 amide bonds. The molecule has 5 nitrogen and oxygen atoms in total. The van der Waals surface area contributed by atoms with Crippen LogP contribution in [-0.2, 0) is 0 Å². The van der Waals surface area contributed by atoms with Crippen LogP contribution < -0.4 is 10.6 Å². The maximum atomic E-state index is 12.3. The van der Waals surface area contributed by atoms with E-state index in [0.717, 1.165) is 12.8 Å². The van der Waals surface area contributed by atoms with Gasteiger partial charge in [-0.1, -0.05) is 36.5 Å². The first-order chi connectivity index (χ1) is 11.5. The summed E-state index contributed by atoms with van der Waals surface area (Å²) in [5.74, 6) is -0.661. The molecular weight excluding hydrogens is 349 g/mol. The number of halogens is 2. The summed E-state index contributed by atoms with van der Waals surface area (Å²) in [6.07, 6.45) is 3.31. The van der Waals surface area contributed by atoms with Gasteiger partial charge in [0.1, 0.15) is 5.69 Å². The van der Waals surface area contributed by atoms with Crippen LogP contribution in [0.3, 0.4) is 0 Å². The first-order valence-corrected chi connectivity index (χ1v) is 8.27. The Kier molecular flexibility index (Phi) is 6.58. The molecule has 0 saturated carbocycles. The number of carbonyl (C=O) groups excluding carboxylic acids is 2. The van der Waals surface area contributed by atoms with Gasteiger partial charge in [0.25, 0.3) is 11.8 Å². The third-order valence-corrected chi connectivity index (χ3v) is 3.99. The number of nitrogens with zero attached hydrogens (tertiary/aromatic N) is 1. The Morgan fingerprint density at radius 2 is 1.88 bits per heavy atom. The van der Waals surface area contributed by atoms with E-state index in [1.54, 1.807) is 18.2 Å². The highest BCUT2D eigenvalue weighted by Crippen LogP contribution is 2.25. The van der Waals surface area contributed by atoms with Gasteiger partial charge in [-0.05, 0) is 36.8 Å². The summed E-state index contributed by atoms with van der Waals surface area (Å²) >= 11 is 11.8. The lowest BCUT2D eigenvalue weighted by atomic mass is 10.2. The molecule has 0 aliphatic heterocycles. The fourth-order valence-corrected chi connectivity index (χ4v) is 2.24. The van der Waals surface area contributed by atoms with Crippen molar-refractivity contribution in [2.24, 2.45) is 0 Å². The van der Waals surface area contributed by atoms with Gasteiger partial charge >= 0.3 is 0 Å². The van der Waals surface area contributed by atoms with E-state index in [2.05, 4.69) is 15.6 Å². The maximum Gasteiger partial charge on any atom is 0.269 e. The largest absolute Gasteiger partial charge is 0.351 e. The van der Waals surface area contributed by atoms with Crippen molar-refractivity contribution in [1.82, 2.24) is 10.3 Å². The van der Waals surface area contributed by atoms with Crippen LogP contribution in [0.5, 0.6) is 0 Å². The van der Waals surface area contributed by atoms with E-state index >= 15 is 0 Å². The lowest BCUT2D eigenvalue weighted by Crippen LogP contribution is -2.25. The maximum absolute atomic E-state index is 12.3. The molecule has 0 fully saturated rings. The molecule has 0 unspecified atom stereocenters. The smallest absolute Gasteiger partial charge is 0.269 e. The summed E-state index contributed by atoms with van der Waals surface area (Å²) in [5.41, 5.74) is 1.05. The molecule has 0 aliphatic rings. The molecule has 2 rings (SSSR count). The summed E-state index contributed by atoms with van der Waals surface area (Å²) in [4.78, 5) is 28.3. The number of hydrogen-bond acceptors (Lipinski definition) is 3. The summed E-state index contributed by atoms with van der Waals surface area (Å²) in [6.45, 7) is 2.62. The molecule has 7 heteroatoms. The normalized spacial score (nSPS) is 10.3. The Balaban J connectivity index is 2.08.